The van der Waals surface area contributed by atoms with Gasteiger partial charge in [-0.05, 0) is 55.9 Å². The van der Waals surface area contributed by atoms with Crippen molar-refractivity contribution in [2.45, 2.75) is 26.2 Å². The number of nitrogens with one attached hydrogen (secondary N) is 2. The lowest BCUT2D eigenvalue weighted by atomic mass is 10.1. The Bertz CT molecular complexity index is 472. The fourth-order valence-electron chi connectivity index (χ4n) is 1.91. The molecule has 1 aliphatic carbocycles. The highest BCUT2D eigenvalue weighted by atomic mass is 79.9. The van der Waals surface area contributed by atoms with Gasteiger partial charge in [-0.1, -0.05) is 15.9 Å². The van der Waals surface area contributed by atoms with Crippen LogP contribution < -0.4 is 10.6 Å². The van der Waals surface area contributed by atoms with Crippen molar-refractivity contribution in [3.63, 3.8) is 0 Å². The lowest BCUT2D eigenvalue weighted by Gasteiger charge is -2.11. The highest BCUT2D eigenvalue weighted by Crippen LogP contribution is 2.28. The molecule has 0 aliphatic heterocycles. The Labute approximate surface area is 128 Å². The lowest BCUT2D eigenvalue weighted by molar-refractivity contribution is 0.606. The van der Waals surface area contributed by atoms with Crippen molar-refractivity contribution in [3.05, 3.63) is 34.1 Å². The summed E-state index contributed by atoms with van der Waals surface area (Å²) in [4.78, 5) is 4.54. The summed E-state index contributed by atoms with van der Waals surface area (Å²) in [7, 11) is 0. The van der Waals surface area contributed by atoms with Gasteiger partial charge >= 0.3 is 0 Å². The van der Waals surface area contributed by atoms with Crippen LogP contribution in [0.2, 0.25) is 0 Å². The average molecular weight is 342 g/mol. The van der Waals surface area contributed by atoms with Crippen LogP contribution in [0.5, 0.6) is 0 Å². The van der Waals surface area contributed by atoms with Gasteiger partial charge in [0.15, 0.2) is 5.96 Å². The van der Waals surface area contributed by atoms with E-state index in [2.05, 4.69) is 31.6 Å². The Morgan fingerprint density at radius 3 is 2.90 bits per heavy atom. The molecule has 110 valence electrons. The fraction of sp³-hybridized carbons (Fsp3) is 0.533. The summed E-state index contributed by atoms with van der Waals surface area (Å²) in [5.74, 6) is 1.44. The summed E-state index contributed by atoms with van der Waals surface area (Å²) < 4.78 is 14.5. The van der Waals surface area contributed by atoms with E-state index >= 15 is 0 Å². The molecule has 0 heterocycles. The number of rotatable bonds is 6. The zero-order valence-corrected chi connectivity index (χ0v) is 13.3. The van der Waals surface area contributed by atoms with Crippen LogP contribution in [0.4, 0.5) is 4.39 Å². The maximum absolute atomic E-state index is 13.6. The van der Waals surface area contributed by atoms with Crippen LogP contribution in [-0.4, -0.2) is 25.6 Å². The Balaban J connectivity index is 1.82. The van der Waals surface area contributed by atoms with E-state index in [4.69, 9.17) is 0 Å². The molecule has 0 radical (unpaired) electrons. The predicted octanol–water partition coefficient (Wildman–Crippen LogP) is 3.10. The minimum atomic E-state index is -0.157. The van der Waals surface area contributed by atoms with E-state index in [9.17, 15) is 4.39 Å². The summed E-state index contributed by atoms with van der Waals surface area (Å²) in [6, 6.07) is 5.03. The molecule has 1 aromatic rings. The van der Waals surface area contributed by atoms with Crippen molar-refractivity contribution in [1.29, 1.82) is 0 Å². The zero-order chi connectivity index (χ0) is 14.4. The second kappa shape index (κ2) is 7.62. The van der Waals surface area contributed by atoms with Crippen molar-refractivity contribution in [2.24, 2.45) is 10.9 Å². The van der Waals surface area contributed by atoms with Crippen LogP contribution >= 0.6 is 15.9 Å². The smallest absolute Gasteiger partial charge is 0.191 e. The predicted molar refractivity (Wildman–Crippen MR) is 84.5 cm³/mol. The molecule has 0 bridgehead atoms. The van der Waals surface area contributed by atoms with E-state index in [1.807, 2.05) is 13.0 Å². The number of aliphatic imine (C=N–C) groups is 1. The maximum atomic E-state index is 13.6. The topological polar surface area (TPSA) is 36.4 Å². The first-order chi connectivity index (χ1) is 9.69. The van der Waals surface area contributed by atoms with E-state index in [0.29, 0.717) is 18.5 Å². The highest BCUT2D eigenvalue weighted by molar-refractivity contribution is 9.10. The SMILES string of the molecule is CCNC(=NCC1CC1)NCCc1cc(Br)ccc1F. The number of nitrogens with zero attached hydrogens (tertiary/aromatic N) is 1. The van der Waals surface area contributed by atoms with Crippen LogP contribution in [0.25, 0.3) is 0 Å². The molecular formula is C15H21BrFN3. The Morgan fingerprint density at radius 1 is 1.40 bits per heavy atom. The summed E-state index contributed by atoms with van der Waals surface area (Å²) >= 11 is 3.37. The van der Waals surface area contributed by atoms with Gasteiger partial charge in [-0.25, -0.2) is 4.39 Å². The number of hydrogen-bond acceptors (Lipinski definition) is 1. The van der Waals surface area contributed by atoms with Gasteiger partial charge in [0.1, 0.15) is 5.82 Å². The number of hydrogen-bond donors (Lipinski definition) is 2. The largest absolute Gasteiger partial charge is 0.357 e. The van der Waals surface area contributed by atoms with Gasteiger partial charge in [0.25, 0.3) is 0 Å². The molecule has 0 unspecified atom stereocenters. The van der Waals surface area contributed by atoms with Gasteiger partial charge in [0.2, 0.25) is 0 Å². The normalized spacial score (nSPS) is 15.2. The molecule has 5 heteroatoms. The number of halogens is 2. The van der Waals surface area contributed by atoms with Crippen molar-refractivity contribution in [1.82, 2.24) is 10.6 Å². The van der Waals surface area contributed by atoms with Gasteiger partial charge in [-0.3, -0.25) is 4.99 Å². The summed E-state index contributed by atoms with van der Waals surface area (Å²) in [6.45, 7) is 4.44. The quantitative estimate of drug-likeness (QED) is 0.616. The second-order valence-corrected chi connectivity index (χ2v) is 5.99. The average Bonchev–Trinajstić information content (AvgIpc) is 3.24. The van der Waals surface area contributed by atoms with Crippen LogP contribution in [-0.2, 0) is 6.42 Å². The first-order valence-corrected chi connectivity index (χ1v) is 7.94. The van der Waals surface area contributed by atoms with Crippen LogP contribution in [0.3, 0.4) is 0 Å². The molecule has 0 amide bonds. The molecule has 20 heavy (non-hydrogen) atoms. The lowest BCUT2D eigenvalue weighted by Crippen LogP contribution is -2.38. The summed E-state index contributed by atoms with van der Waals surface area (Å²) in [5, 5.41) is 6.47. The molecule has 3 nitrogen and oxygen atoms in total. The molecule has 0 atom stereocenters. The third kappa shape index (κ3) is 5.12. The van der Waals surface area contributed by atoms with Crippen LogP contribution in [0.15, 0.2) is 27.7 Å². The monoisotopic (exact) mass is 341 g/mol. The molecule has 2 rings (SSSR count). The van der Waals surface area contributed by atoms with Gasteiger partial charge in [0.05, 0.1) is 0 Å². The molecule has 1 fully saturated rings. The van der Waals surface area contributed by atoms with E-state index in [1.165, 1.54) is 18.9 Å². The van der Waals surface area contributed by atoms with Crippen LogP contribution in [0, 0.1) is 11.7 Å². The van der Waals surface area contributed by atoms with E-state index in [0.717, 1.165) is 29.4 Å². The van der Waals surface area contributed by atoms with Crippen molar-refractivity contribution in [3.8, 4) is 0 Å². The highest BCUT2D eigenvalue weighted by Gasteiger charge is 2.20. The molecule has 1 aromatic carbocycles. The summed E-state index contributed by atoms with van der Waals surface area (Å²) in [6.07, 6.45) is 3.23. The molecular weight excluding hydrogens is 321 g/mol. The summed E-state index contributed by atoms with van der Waals surface area (Å²) in [5.41, 5.74) is 0.713. The fourth-order valence-corrected chi connectivity index (χ4v) is 2.32. The molecule has 2 N–H and O–H groups in total. The van der Waals surface area contributed by atoms with Gasteiger partial charge in [-0.15, -0.1) is 0 Å². The Morgan fingerprint density at radius 2 is 2.20 bits per heavy atom. The molecule has 1 saturated carbocycles. The maximum Gasteiger partial charge on any atom is 0.191 e. The molecule has 0 saturated heterocycles. The third-order valence-corrected chi connectivity index (χ3v) is 3.74. The van der Waals surface area contributed by atoms with E-state index in [1.54, 1.807) is 6.07 Å². The van der Waals surface area contributed by atoms with E-state index < -0.39 is 0 Å². The van der Waals surface area contributed by atoms with Crippen molar-refractivity contribution < 1.29 is 4.39 Å². The Kier molecular flexibility index (Phi) is 5.83. The standard InChI is InChI=1S/C15H21BrFN3/c1-2-18-15(20-10-11-3-4-11)19-8-7-12-9-13(16)5-6-14(12)17/h5-6,9,11H,2-4,7-8,10H2,1H3,(H2,18,19,20). The van der Waals surface area contributed by atoms with Gasteiger partial charge < -0.3 is 10.6 Å². The number of guanidine groups is 1. The van der Waals surface area contributed by atoms with E-state index in [-0.39, 0.29) is 5.82 Å². The molecule has 1 aliphatic rings. The minimum Gasteiger partial charge on any atom is -0.357 e. The Hall–Kier alpha value is -1.10. The van der Waals surface area contributed by atoms with Crippen molar-refractivity contribution >= 4 is 21.9 Å². The van der Waals surface area contributed by atoms with Gasteiger partial charge in [0, 0.05) is 24.1 Å². The number of benzene rings is 1. The first kappa shape index (κ1) is 15.3. The zero-order valence-electron chi connectivity index (χ0n) is 11.8. The first-order valence-electron chi connectivity index (χ1n) is 7.15. The molecule has 0 aromatic heterocycles. The van der Waals surface area contributed by atoms with Crippen LogP contribution in [0.1, 0.15) is 25.3 Å². The molecule has 0 spiro atoms. The minimum absolute atomic E-state index is 0.157. The van der Waals surface area contributed by atoms with Crippen molar-refractivity contribution in [2.75, 3.05) is 19.6 Å². The second-order valence-electron chi connectivity index (χ2n) is 5.08. The van der Waals surface area contributed by atoms with Gasteiger partial charge in [-0.2, -0.15) is 0 Å². The third-order valence-electron chi connectivity index (χ3n) is 3.24.